The lowest BCUT2D eigenvalue weighted by molar-refractivity contribution is -0.119. The maximum Gasteiger partial charge on any atom is 0.254 e. The van der Waals surface area contributed by atoms with Crippen molar-refractivity contribution in [2.24, 2.45) is 0 Å². The van der Waals surface area contributed by atoms with Gasteiger partial charge in [-0.3, -0.25) is 9.59 Å². The Hall–Kier alpha value is -0.610. The molecule has 0 aliphatic rings. The summed E-state index contributed by atoms with van der Waals surface area (Å²) < 4.78 is 0. The zero-order valence-corrected chi connectivity index (χ0v) is 10.1. The lowest BCUT2D eigenvalue weighted by atomic mass is 10.0. The average Bonchev–Trinajstić information content (AvgIpc) is 2.26. The second-order valence-corrected chi connectivity index (χ2v) is 4.43. The van der Waals surface area contributed by atoms with Gasteiger partial charge in [0.2, 0.25) is 0 Å². The molecule has 1 N–H and O–H groups in total. The number of hydrogen-bond acceptors (Lipinski definition) is 3. The molecule has 6 heteroatoms. The first-order chi connectivity index (χ1) is 7.45. The monoisotopic (exact) mass is 280 g/mol. The minimum Gasteiger partial charge on any atom is -0.379 e. The minimum atomic E-state index is -1.56. The molecule has 0 fully saturated rings. The van der Waals surface area contributed by atoms with Crippen molar-refractivity contribution in [1.29, 1.82) is 0 Å². The number of ketones is 1. The lowest BCUT2D eigenvalue weighted by Crippen LogP contribution is -2.15. The van der Waals surface area contributed by atoms with Crippen molar-refractivity contribution in [3.8, 4) is 0 Å². The fourth-order valence-corrected chi connectivity index (χ4v) is 1.55. The summed E-state index contributed by atoms with van der Waals surface area (Å²) in [5.41, 5.74) is 0.179. The van der Waals surface area contributed by atoms with Crippen LogP contribution in [0.15, 0.2) is 24.3 Å². The maximum atomic E-state index is 11.6. The Kier molecular flexibility index (Phi) is 4.74. The van der Waals surface area contributed by atoms with Crippen molar-refractivity contribution in [1.82, 2.24) is 0 Å². The zero-order chi connectivity index (χ0) is 12.3. The smallest absolute Gasteiger partial charge is 0.254 e. The van der Waals surface area contributed by atoms with Crippen molar-refractivity contribution < 1.29 is 14.7 Å². The van der Waals surface area contributed by atoms with E-state index in [1.165, 1.54) is 12.1 Å². The van der Waals surface area contributed by atoms with E-state index in [0.29, 0.717) is 0 Å². The van der Waals surface area contributed by atoms with Crippen LogP contribution in [0.4, 0.5) is 0 Å². The summed E-state index contributed by atoms with van der Waals surface area (Å²) >= 11 is 16.0. The molecular formula is C10H7Cl3O3. The van der Waals surface area contributed by atoms with Crippen LogP contribution in [0, 0.1) is 0 Å². The molecule has 16 heavy (non-hydrogen) atoms. The molecule has 0 aromatic heterocycles. The Morgan fingerprint density at radius 1 is 1.19 bits per heavy atom. The summed E-state index contributed by atoms with van der Waals surface area (Å²) in [7, 11) is 0. The van der Waals surface area contributed by atoms with Gasteiger partial charge in [0.1, 0.15) is 0 Å². The molecule has 0 amide bonds. The molecule has 3 nitrogen and oxygen atoms in total. The lowest BCUT2D eigenvalue weighted by Gasteiger charge is -2.11. The Morgan fingerprint density at radius 3 is 2.25 bits per heavy atom. The van der Waals surface area contributed by atoms with Crippen molar-refractivity contribution in [3.63, 3.8) is 0 Å². The molecule has 1 rings (SSSR count). The number of halogens is 3. The van der Waals surface area contributed by atoms with Crippen LogP contribution in [-0.4, -0.2) is 21.0 Å². The number of hydrogen-bond donors (Lipinski definition) is 1. The molecular weight excluding hydrogens is 274 g/mol. The molecule has 0 aliphatic carbocycles. The van der Waals surface area contributed by atoms with Gasteiger partial charge in [-0.05, 0) is 11.6 Å². The first kappa shape index (κ1) is 13.5. The van der Waals surface area contributed by atoms with E-state index in [2.05, 4.69) is 0 Å². The van der Waals surface area contributed by atoms with Crippen molar-refractivity contribution >= 4 is 45.8 Å². The topological polar surface area (TPSA) is 54.4 Å². The van der Waals surface area contributed by atoms with Crippen LogP contribution in [-0.2, 0) is 4.79 Å². The van der Waals surface area contributed by atoms with Gasteiger partial charge in [0.25, 0.3) is 5.24 Å². The Bertz CT molecular complexity index is 418. The van der Waals surface area contributed by atoms with Crippen LogP contribution in [0.25, 0.3) is 0 Å². The molecule has 0 saturated heterocycles. The molecule has 86 valence electrons. The molecule has 0 heterocycles. The minimum absolute atomic E-state index is 0.0824. The molecule has 0 saturated carbocycles. The highest BCUT2D eigenvalue weighted by Gasteiger charge is 2.24. The fraction of sp³-hybridized carbons (Fsp3) is 0.200. The molecule has 1 atom stereocenters. The second-order valence-electron chi connectivity index (χ2n) is 2.96. The number of rotatable bonds is 4. The van der Waals surface area contributed by atoms with Gasteiger partial charge in [-0.15, -0.1) is 0 Å². The van der Waals surface area contributed by atoms with E-state index >= 15 is 0 Å². The standard InChI is InChI=1S/C10H7Cl3O3/c11-9(12)7(14)5-3-1-2-4-6(5)8(15)10(13)16/h1-4,8-9,15H. The van der Waals surface area contributed by atoms with Crippen molar-refractivity contribution in [2.75, 3.05) is 0 Å². The van der Waals surface area contributed by atoms with Crippen LogP contribution in [0.3, 0.4) is 0 Å². The van der Waals surface area contributed by atoms with Crippen molar-refractivity contribution in [2.45, 2.75) is 10.9 Å². The van der Waals surface area contributed by atoms with E-state index in [1.807, 2.05) is 0 Å². The van der Waals surface area contributed by atoms with Gasteiger partial charge >= 0.3 is 0 Å². The van der Waals surface area contributed by atoms with Crippen LogP contribution in [0.1, 0.15) is 22.0 Å². The summed E-state index contributed by atoms with van der Waals surface area (Å²) in [5, 5.41) is 8.52. The largest absolute Gasteiger partial charge is 0.379 e. The molecule has 1 aromatic carbocycles. The second kappa shape index (κ2) is 5.64. The van der Waals surface area contributed by atoms with E-state index in [-0.39, 0.29) is 11.1 Å². The first-order valence-corrected chi connectivity index (χ1v) is 5.49. The number of carbonyl (C=O) groups is 2. The summed E-state index contributed by atoms with van der Waals surface area (Å²) in [5.74, 6) is -0.587. The molecule has 0 spiro atoms. The summed E-state index contributed by atoms with van der Waals surface area (Å²) in [6.45, 7) is 0. The Morgan fingerprint density at radius 2 is 1.75 bits per heavy atom. The van der Waals surface area contributed by atoms with Crippen LogP contribution < -0.4 is 0 Å². The zero-order valence-electron chi connectivity index (χ0n) is 7.86. The summed E-state index contributed by atoms with van der Waals surface area (Å²) in [4.78, 5) is 21.1. The fourth-order valence-electron chi connectivity index (χ4n) is 1.20. The highest BCUT2D eigenvalue weighted by Crippen LogP contribution is 2.23. The van der Waals surface area contributed by atoms with Gasteiger partial charge in [-0.1, -0.05) is 47.5 Å². The molecule has 0 bridgehead atoms. The third-order valence-electron chi connectivity index (χ3n) is 1.93. The maximum absolute atomic E-state index is 11.6. The third kappa shape index (κ3) is 2.95. The van der Waals surface area contributed by atoms with Crippen LogP contribution in [0.2, 0.25) is 0 Å². The highest BCUT2D eigenvalue weighted by molar-refractivity contribution is 6.64. The number of benzene rings is 1. The van der Waals surface area contributed by atoms with E-state index in [4.69, 9.17) is 34.8 Å². The van der Waals surface area contributed by atoms with E-state index < -0.39 is 22.0 Å². The van der Waals surface area contributed by atoms with Crippen LogP contribution >= 0.6 is 34.8 Å². The van der Waals surface area contributed by atoms with Gasteiger partial charge in [0.05, 0.1) is 0 Å². The molecule has 1 aromatic rings. The predicted molar refractivity (Wildman–Crippen MR) is 62.1 cm³/mol. The summed E-state index contributed by atoms with van der Waals surface area (Å²) in [6.07, 6.45) is -1.56. The number of carbonyl (C=O) groups excluding carboxylic acids is 2. The number of aliphatic hydroxyl groups is 1. The summed E-state index contributed by atoms with van der Waals surface area (Å²) in [6, 6.07) is 5.96. The number of aliphatic hydroxyl groups excluding tert-OH is 1. The van der Waals surface area contributed by atoms with Gasteiger partial charge in [-0.2, -0.15) is 0 Å². The van der Waals surface area contributed by atoms with E-state index in [9.17, 15) is 14.7 Å². The SMILES string of the molecule is O=C(c1ccccc1C(O)C(=O)Cl)C(Cl)Cl. The van der Waals surface area contributed by atoms with E-state index in [0.717, 1.165) is 0 Å². The van der Waals surface area contributed by atoms with Gasteiger partial charge in [0.15, 0.2) is 16.7 Å². The van der Waals surface area contributed by atoms with Gasteiger partial charge in [-0.25, -0.2) is 0 Å². The van der Waals surface area contributed by atoms with Gasteiger partial charge in [0, 0.05) is 11.1 Å². The quantitative estimate of drug-likeness (QED) is 0.524. The van der Waals surface area contributed by atoms with Gasteiger partial charge < -0.3 is 5.11 Å². The molecule has 1 unspecified atom stereocenters. The highest BCUT2D eigenvalue weighted by atomic mass is 35.5. The number of alkyl halides is 2. The molecule has 0 aliphatic heterocycles. The Balaban J connectivity index is 3.20. The van der Waals surface area contributed by atoms with Crippen LogP contribution in [0.5, 0.6) is 0 Å². The normalized spacial score (nSPS) is 12.6. The van der Waals surface area contributed by atoms with E-state index in [1.54, 1.807) is 12.1 Å². The molecule has 0 radical (unpaired) electrons. The van der Waals surface area contributed by atoms with Crippen molar-refractivity contribution in [3.05, 3.63) is 35.4 Å². The first-order valence-electron chi connectivity index (χ1n) is 4.24. The Labute approximate surface area is 107 Å². The number of Topliss-reactive ketones (excluding diaryl/α,β-unsaturated/α-hetero) is 1. The third-order valence-corrected chi connectivity index (χ3v) is 2.54. The predicted octanol–water partition coefficient (Wildman–Crippen LogP) is 2.47. The average molecular weight is 282 g/mol.